The van der Waals surface area contributed by atoms with Crippen molar-refractivity contribution < 1.29 is 14.6 Å². The van der Waals surface area contributed by atoms with Crippen molar-refractivity contribution >= 4 is 0 Å². The summed E-state index contributed by atoms with van der Waals surface area (Å²) < 4.78 is 11.0. The van der Waals surface area contributed by atoms with Crippen molar-refractivity contribution in [2.24, 2.45) is 5.92 Å². The standard InChI is InChI=1S/C16H23NO3/c1-5-19-14-8-7-12(9-15(14)20-6-2)13(10-17)16(18)11(3)4/h7-9,11,13,16,18H,5-6H2,1-4H3. The Hall–Kier alpha value is -1.73. The average molecular weight is 277 g/mol. The second-order valence-corrected chi connectivity index (χ2v) is 4.91. The van der Waals surface area contributed by atoms with E-state index < -0.39 is 12.0 Å². The molecule has 0 aliphatic carbocycles. The first-order valence-corrected chi connectivity index (χ1v) is 7.02. The van der Waals surface area contributed by atoms with Crippen LogP contribution in [-0.2, 0) is 0 Å². The van der Waals surface area contributed by atoms with E-state index in [2.05, 4.69) is 6.07 Å². The van der Waals surface area contributed by atoms with E-state index >= 15 is 0 Å². The summed E-state index contributed by atoms with van der Waals surface area (Å²) >= 11 is 0. The van der Waals surface area contributed by atoms with E-state index in [1.165, 1.54) is 0 Å². The van der Waals surface area contributed by atoms with Gasteiger partial charge in [0, 0.05) is 0 Å². The van der Waals surface area contributed by atoms with Crippen LogP contribution < -0.4 is 9.47 Å². The lowest BCUT2D eigenvalue weighted by Crippen LogP contribution is -2.23. The molecule has 0 bridgehead atoms. The smallest absolute Gasteiger partial charge is 0.161 e. The Labute approximate surface area is 120 Å². The second kappa shape index (κ2) is 7.76. The van der Waals surface area contributed by atoms with Gasteiger partial charge in [-0.15, -0.1) is 0 Å². The van der Waals surface area contributed by atoms with Gasteiger partial charge >= 0.3 is 0 Å². The van der Waals surface area contributed by atoms with Gasteiger partial charge in [0.15, 0.2) is 11.5 Å². The summed E-state index contributed by atoms with van der Waals surface area (Å²) in [6, 6.07) is 7.56. The fraction of sp³-hybridized carbons (Fsp3) is 0.562. The summed E-state index contributed by atoms with van der Waals surface area (Å²) in [6.07, 6.45) is -0.701. The molecule has 0 heterocycles. The topological polar surface area (TPSA) is 62.5 Å². The van der Waals surface area contributed by atoms with Gasteiger partial charge in [0.2, 0.25) is 0 Å². The van der Waals surface area contributed by atoms with Gasteiger partial charge in [-0.2, -0.15) is 5.26 Å². The highest BCUT2D eigenvalue weighted by Gasteiger charge is 2.24. The Bertz CT molecular complexity index is 465. The van der Waals surface area contributed by atoms with Crippen LogP contribution in [0.15, 0.2) is 18.2 Å². The van der Waals surface area contributed by atoms with Crippen LogP contribution in [0.5, 0.6) is 11.5 Å². The van der Waals surface area contributed by atoms with Gasteiger partial charge in [-0.3, -0.25) is 0 Å². The minimum atomic E-state index is -0.701. The summed E-state index contributed by atoms with van der Waals surface area (Å²) in [4.78, 5) is 0. The molecule has 2 unspecified atom stereocenters. The fourth-order valence-electron chi connectivity index (χ4n) is 1.99. The quantitative estimate of drug-likeness (QED) is 0.831. The lowest BCUT2D eigenvalue weighted by Gasteiger charge is -2.21. The normalized spacial score (nSPS) is 13.7. The van der Waals surface area contributed by atoms with Crippen LogP contribution in [0.2, 0.25) is 0 Å². The van der Waals surface area contributed by atoms with Crippen LogP contribution in [0.4, 0.5) is 0 Å². The number of nitrogens with zero attached hydrogens (tertiary/aromatic N) is 1. The maximum absolute atomic E-state index is 10.1. The van der Waals surface area contributed by atoms with E-state index in [4.69, 9.17) is 9.47 Å². The summed E-state index contributed by atoms with van der Waals surface area (Å²) in [5, 5.41) is 19.4. The number of hydrogen-bond donors (Lipinski definition) is 1. The minimum Gasteiger partial charge on any atom is -0.490 e. The molecule has 1 rings (SSSR count). The van der Waals surface area contributed by atoms with Crippen molar-refractivity contribution in [3.63, 3.8) is 0 Å². The molecular formula is C16H23NO3. The van der Waals surface area contributed by atoms with Crippen LogP contribution in [0.25, 0.3) is 0 Å². The third-order valence-electron chi connectivity index (χ3n) is 3.09. The van der Waals surface area contributed by atoms with Crippen molar-refractivity contribution in [2.75, 3.05) is 13.2 Å². The van der Waals surface area contributed by atoms with Gasteiger partial charge in [-0.1, -0.05) is 19.9 Å². The average Bonchev–Trinajstić information content (AvgIpc) is 2.42. The lowest BCUT2D eigenvalue weighted by molar-refractivity contribution is 0.113. The highest BCUT2D eigenvalue weighted by Crippen LogP contribution is 2.33. The molecule has 4 nitrogen and oxygen atoms in total. The molecule has 1 aromatic rings. The van der Waals surface area contributed by atoms with E-state index in [0.717, 1.165) is 5.56 Å². The van der Waals surface area contributed by atoms with Crippen molar-refractivity contribution in [1.29, 1.82) is 5.26 Å². The zero-order chi connectivity index (χ0) is 15.1. The number of rotatable bonds is 7. The summed E-state index contributed by atoms with van der Waals surface area (Å²) in [5.74, 6) is 0.725. The van der Waals surface area contributed by atoms with E-state index in [1.54, 1.807) is 12.1 Å². The molecule has 0 fully saturated rings. The second-order valence-electron chi connectivity index (χ2n) is 4.91. The van der Waals surface area contributed by atoms with E-state index in [-0.39, 0.29) is 5.92 Å². The maximum Gasteiger partial charge on any atom is 0.161 e. The van der Waals surface area contributed by atoms with Crippen molar-refractivity contribution in [1.82, 2.24) is 0 Å². The molecule has 0 aliphatic rings. The first-order chi connectivity index (χ1) is 9.54. The molecule has 2 atom stereocenters. The summed E-state index contributed by atoms with van der Waals surface area (Å²) in [6.45, 7) is 8.67. The number of benzene rings is 1. The number of hydrogen-bond acceptors (Lipinski definition) is 4. The zero-order valence-corrected chi connectivity index (χ0v) is 12.6. The molecule has 20 heavy (non-hydrogen) atoms. The molecule has 1 N–H and O–H groups in total. The highest BCUT2D eigenvalue weighted by molar-refractivity contribution is 5.45. The van der Waals surface area contributed by atoms with Crippen molar-refractivity contribution in [2.45, 2.75) is 39.7 Å². The molecule has 4 heteroatoms. The Morgan fingerprint density at radius 1 is 1.15 bits per heavy atom. The van der Waals surface area contributed by atoms with Gasteiger partial charge in [-0.25, -0.2) is 0 Å². The molecule has 0 radical (unpaired) electrons. The van der Waals surface area contributed by atoms with Crippen molar-refractivity contribution in [3.05, 3.63) is 23.8 Å². The predicted octanol–water partition coefficient (Wildman–Crippen LogP) is 3.11. The molecule has 0 saturated carbocycles. The minimum absolute atomic E-state index is 0.0155. The van der Waals surface area contributed by atoms with Gasteiger partial charge < -0.3 is 14.6 Å². The van der Waals surface area contributed by atoms with Crippen LogP contribution in [0, 0.1) is 17.2 Å². The molecule has 110 valence electrons. The molecule has 1 aromatic carbocycles. The largest absolute Gasteiger partial charge is 0.490 e. The molecular weight excluding hydrogens is 254 g/mol. The molecule has 0 aliphatic heterocycles. The summed E-state index contributed by atoms with van der Waals surface area (Å²) in [7, 11) is 0. The Morgan fingerprint density at radius 2 is 1.75 bits per heavy atom. The van der Waals surface area contributed by atoms with Gasteiger partial charge in [0.05, 0.1) is 31.3 Å². The third-order valence-corrected chi connectivity index (χ3v) is 3.09. The molecule has 0 saturated heterocycles. The van der Waals surface area contributed by atoms with Crippen LogP contribution >= 0.6 is 0 Å². The van der Waals surface area contributed by atoms with Crippen LogP contribution in [0.3, 0.4) is 0 Å². The lowest BCUT2D eigenvalue weighted by atomic mass is 9.88. The monoisotopic (exact) mass is 277 g/mol. The molecule has 0 aromatic heterocycles. The Balaban J connectivity index is 3.12. The van der Waals surface area contributed by atoms with Gasteiger partial charge in [0.1, 0.15) is 0 Å². The van der Waals surface area contributed by atoms with E-state index in [0.29, 0.717) is 24.7 Å². The summed E-state index contributed by atoms with van der Waals surface area (Å²) in [5.41, 5.74) is 0.751. The van der Waals surface area contributed by atoms with E-state index in [9.17, 15) is 10.4 Å². The number of aliphatic hydroxyl groups excluding tert-OH is 1. The number of ether oxygens (including phenoxy) is 2. The third kappa shape index (κ3) is 3.88. The molecule has 0 spiro atoms. The van der Waals surface area contributed by atoms with Gasteiger partial charge in [0.25, 0.3) is 0 Å². The Morgan fingerprint density at radius 3 is 2.25 bits per heavy atom. The van der Waals surface area contributed by atoms with Crippen LogP contribution in [-0.4, -0.2) is 24.4 Å². The van der Waals surface area contributed by atoms with Crippen molar-refractivity contribution in [3.8, 4) is 17.6 Å². The fourth-order valence-corrected chi connectivity index (χ4v) is 1.99. The first kappa shape index (κ1) is 16.3. The SMILES string of the molecule is CCOc1ccc(C(C#N)C(O)C(C)C)cc1OCC. The predicted molar refractivity (Wildman–Crippen MR) is 78.0 cm³/mol. The Kier molecular flexibility index (Phi) is 6.33. The van der Waals surface area contributed by atoms with Gasteiger partial charge in [-0.05, 0) is 37.5 Å². The molecule has 0 amide bonds. The highest BCUT2D eigenvalue weighted by atomic mass is 16.5. The zero-order valence-electron chi connectivity index (χ0n) is 12.6. The van der Waals surface area contributed by atoms with Crippen LogP contribution in [0.1, 0.15) is 39.2 Å². The first-order valence-electron chi connectivity index (χ1n) is 7.02. The maximum atomic E-state index is 10.1. The van der Waals surface area contributed by atoms with E-state index in [1.807, 2.05) is 33.8 Å². The number of aliphatic hydroxyl groups is 1. The number of nitriles is 1.